The number of aryl methyl sites for hydroxylation is 3. The molecular weight excluding hydrogens is 398 g/mol. The highest BCUT2D eigenvalue weighted by atomic mass is 16.5. The van der Waals surface area contributed by atoms with Crippen molar-refractivity contribution < 1.29 is 9.53 Å². The topological polar surface area (TPSA) is 92.5 Å². The van der Waals surface area contributed by atoms with Crippen LogP contribution in [0.2, 0.25) is 0 Å². The summed E-state index contributed by atoms with van der Waals surface area (Å²) in [4.78, 5) is 42.6. The van der Waals surface area contributed by atoms with Gasteiger partial charge in [0.15, 0.2) is 11.2 Å². The van der Waals surface area contributed by atoms with Gasteiger partial charge in [0.25, 0.3) is 5.56 Å². The quantitative estimate of drug-likeness (QED) is 0.422. The summed E-state index contributed by atoms with van der Waals surface area (Å²) in [5, 5.41) is 0. The first-order chi connectivity index (χ1) is 14.9. The molecular formula is C22H25N5O4. The van der Waals surface area contributed by atoms with Crippen LogP contribution in [0.1, 0.15) is 24.6 Å². The van der Waals surface area contributed by atoms with Gasteiger partial charge >= 0.3 is 11.7 Å². The molecule has 0 aliphatic rings. The maximum atomic E-state index is 13.3. The fourth-order valence-electron chi connectivity index (χ4n) is 3.87. The lowest BCUT2D eigenvalue weighted by Gasteiger charge is -2.08. The predicted molar refractivity (Wildman–Crippen MR) is 116 cm³/mol. The maximum Gasteiger partial charge on any atom is 0.332 e. The summed E-state index contributed by atoms with van der Waals surface area (Å²) in [6.45, 7) is 4.16. The van der Waals surface area contributed by atoms with Crippen molar-refractivity contribution in [2.45, 2.75) is 39.8 Å². The van der Waals surface area contributed by atoms with Crippen LogP contribution >= 0.6 is 0 Å². The van der Waals surface area contributed by atoms with Crippen molar-refractivity contribution in [2.24, 2.45) is 7.05 Å². The Morgan fingerprint density at radius 3 is 2.58 bits per heavy atom. The van der Waals surface area contributed by atoms with Crippen LogP contribution in [0.3, 0.4) is 0 Å². The SMILES string of the molecule is CCOC(=O)Cn1c(C)cn2c3c(=O)n(CCCc4ccccc4)c(=O)n(C)c3nc12. The van der Waals surface area contributed by atoms with Crippen molar-refractivity contribution >= 4 is 22.9 Å². The van der Waals surface area contributed by atoms with E-state index in [9.17, 15) is 14.4 Å². The Labute approximate surface area is 178 Å². The van der Waals surface area contributed by atoms with Crippen molar-refractivity contribution in [1.29, 1.82) is 0 Å². The Morgan fingerprint density at radius 1 is 1.13 bits per heavy atom. The molecule has 0 unspecified atom stereocenters. The van der Waals surface area contributed by atoms with E-state index in [2.05, 4.69) is 4.98 Å². The highest BCUT2D eigenvalue weighted by Crippen LogP contribution is 2.16. The van der Waals surface area contributed by atoms with Gasteiger partial charge in [0.2, 0.25) is 5.78 Å². The first kappa shape index (κ1) is 20.6. The first-order valence-electron chi connectivity index (χ1n) is 10.3. The second-order valence-corrected chi connectivity index (χ2v) is 7.50. The van der Waals surface area contributed by atoms with E-state index in [0.717, 1.165) is 17.7 Å². The molecule has 9 heteroatoms. The minimum Gasteiger partial charge on any atom is -0.465 e. The molecule has 0 radical (unpaired) electrons. The van der Waals surface area contributed by atoms with Crippen LogP contribution in [0.4, 0.5) is 0 Å². The summed E-state index contributed by atoms with van der Waals surface area (Å²) in [5.41, 5.74) is 1.75. The lowest BCUT2D eigenvalue weighted by atomic mass is 10.1. The number of carbonyl (C=O) groups excluding carboxylic acids is 1. The van der Waals surface area contributed by atoms with Gasteiger partial charge in [-0.25, -0.2) is 4.79 Å². The van der Waals surface area contributed by atoms with Crippen LogP contribution < -0.4 is 11.2 Å². The Balaban J connectivity index is 1.76. The van der Waals surface area contributed by atoms with Crippen LogP contribution in [-0.2, 0) is 36.1 Å². The van der Waals surface area contributed by atoms with E-state index >= 15 is 0 Å². The molecule has 0 aliphatic carbocycles. The summed E-state index contributed by atoms with van der Waals surface area (Å²) in [7, 11) is 1.60. The van der Waals surface area contributed by atoms with Gasteiger partial charge in [0, 0.05) is 25.5 Å². The molecule has 162 valence electrons. The molecule has 0 saturated heterocycles. The summed E-state index contributed by atoms with van der Waals surface area (Å²) < 4.78 is 11.0. The van der Waals surface area contributed by atoms with E-state index in [4.69, 9.17) is 4.74 Å². The van der Waals surface area contributed by atoms with Gasteiger partial charge < -0.3 is 9.30 Å². The van der Waals surface area contributed by atoms with Gasteiger partial charge in [-0.05, 0) is 32.3 Å². The number of aromatic nitrogens is 5. The zero-order valence-corrected chi connectivity index (χ0v) is 17.9. The maximum absolute atomic E-state index is 13.3. The Kier molecular flexibility index (Phi) is 5.50. The van der Waals surface area contributed by atoms with Crippen LogP contribution in [0.25, 0.3) is 16.9 Å². The van der Waals surface area contributed by atoms with Crippen LogP contribution in [0.5, 0.6) is 0 Å². The minimum absolute atomic E-state index is 0.0152. The number of fused-ring (bicyclic) bond motifs is 3. The molecule has 1 aromatic carbocycles. The number of ether oxygens (including phenoxy) is 1. The van der Waals surface area contributed by atoms with Gasteiger partial charge in [-0.1, -0.05) is 30.3 Å². The summed E-state index contributed by atoms with van der Waals surface area (Å²) in [6.07, 6.45) is 3.19. The zero-order valence-electron chi connectivity index (χ0n) is 17.9. The molecule has 3 aromatic heterocycles. The smallest absolute Gasteiger partial charge is 0.332 e. The monoisotopic (exact) mass is 423 g/mol. The van der Waals surface area contributed by atoms with E-state index < -0.39 is 5.69 Å². The third-order valence-corrected chi connectivity index (χ3v) is 5.42. The third-order valence-electron chi connectivity index (χ3n) is 5.42. The van der Waals surface area contributed by atoms with Crippen molar-refractivity contribution in [3.63, 3.8) is 0 Å². The number of benzene rings is 1. The standard InChI is InChI=1S/C22H25N5O4/c1-4-31-17(28)14-26-15(2)13-27-18-19(23-21(26)27)24(3)22(30)25(20(18)29)12-8-11-16-9-6-5-7-10-16/h5-7,9-10,13H,4,8,11-12,14H2,1-3H3. The Morgan fingerprint density at radius 2 is 1.87 bits per heavy atom. The van der Waals surface area contributed by atoms with Crippen molar-refractivity contribution in [3.8, 4) is 0 Å². The highest BCUT2D eigenvalue weighted by molar-refractivity contribution is 5.77. The minimum atomic E-state index is -0.403. The molecule has 4 aromatic rings. The number of carbonyl (C=O) groups is 1. The number of hydrogen-bond acceptors (Lipinski definition) is 5. The molecule has 0 atom stereocenters. The molecule has 0 aliphatic heterocycles. The normalized spacial score (nSPS) is 11.5. The molecule has 0 saturated carbocycles. The van der Waals surface area contributed by atoms with Gasteiger partial charge in [0.1, 0.15) is 6.54 Å². The lowest BCUT2D eigenvalue weighted by molar-refractivity contribution is -0.143. The van der Waals surface area contributed by atoms with Crippen LogP contribution in [0.15, 0.2) is 46.1 Å². The zero-order chi connectivity index (χ0) is 22.1. The largest absolute Gasteiger partial charge is 0.465 e. The molecule has 4 rings (SSSR count). The van der Waals surface area contributed by atoms with E-state index in [1.165, 1.54) is 9.13 Å². The van der Waals surface area contributed by atoms with Crippen LogP contribution in [-0.4, -0.2) is 35.7 Å². The number of hydrogen-bond donors (Lipinski definition) is 0. The van der Waals surface area contributed by atoms with Gasteiger partial charge in [0.05, 0.1) is 6.61 Å². The van der Waals surface area contributed by atoms with Crippen molar-refractivity contribution in [2.75, 3.05) is 6.61 Å². The number of nitrogens with zero attached hydrogens (tertiary/aromatic N) is 5. The van der Waals surface area contributed by atoms with E-state index in [0.29, 0.717) is 29.9 Å². The van der Waals surface area contributed by atoms with Crippen molar-refractivity contribution in [3.05, 3.63) is 68.6 Å². The fourth-order valence-corrected chi connectivity index (χ4v) is 3.87. The van der Waals surface area contributed by atoms with E-state index in [-0.39, 0.29) is 24.7 Å². The number of esters is 1. The lowest BCUT2D eigenvalue weighted by Crippen LogP contribution is -2.39. The molecule has 0 bridgehead atoms. The molecule has 3 heterocycles. The first-order valence-corrected chi connectivity index (χ1v) is 10.3. The van der Waals surface area contributed by atoms with E-state index in [1.807, 2.05) is 37.3 Å². The second kappa shape index (κ2) is 8.25. The molecule has 0 spiro atoms. The van der Waals surface area contributed by atoms with Gasteiger partial charge in [-0.3, -0.25) is 23.1 Å². The van der Waals surface area contributed by atoms with Gasteiger partial charge in [-0.15, -0.1) is 0 Å². The summed E-state index contributed by atoms with van der Waals surface area (Å²) >= 11 is 0. The number of rotatable bonds is 7. The molecule has 0 N–H and O–H groups in total. The summed E-state index contributed by atoms with van der Waals surface area (Å²) in [6, 6.07) is 9.95. The average Bonchev–Trinajstić information content (AvgIpc) is 3.26. The van der Waals surface area contributed by atoms with Crippen LogP contribution in [0, 0.1) is 6.92 Å². The van der Waals surface area contributed by atoms with E-state index in [1.54, 1.807) is 29.1 Å². The molecule has 0 amide bonds. The van der Waals surface area contributed by atoms with Gasteiger partial charge in [-0.2, -0.15) is 4.98 Å². The Bertz CT molecular complexity index is 1370. The molecule has 9 nitrogen and oxygen atoms in total. The van der Waals surface area contributed by atoms with Crippen molar-refractivity contribution in [1.82, 2.24) is 23.1 Å². The number of imidazole rings is 2. The molecule has 0 fully saturated rings. The Hall–Kier alpha value is -3.62. The predicted octanol–water partition coefficient (Wildman–Crippen LogP) is 1.65. The third kappa shape index (κ3) is 3.67. The molecule has 31 heavy (non-hydrogen) atoms. The fraction of sp³-hybridized carbons (Fsp3) is 0.364. The average molecular weight is 423 g/mol. The highest BCUT2D eigenvalue weighted by Gasteiger charge is 2.21. The second-order valence-electron chi connectivity index (χ2n) is 7.50. The summed E-state index contributed by atoms with van der Waals surface area (Å²) in [5.74, 6) is 0.0395.